The van der Waals surface area contributed by atoms with Crippen LogP contribution in [0.1, 0.15) is 17.0 Å². The molecule has 1 aromatic carbocycles. The normalized spacial score (nSPS) is 10.5. The summed E-state index contributed by atoms with van der Waals surface area (Å²) in [7, 11) is 0. The van der Waals surface area contributed by atoms with E-state index in [9.17, 15) is 13.2 Å². The summed E-state index contributed by atoms with van der Waals surface area (Å²) < 4.78 is 37.1. The number of H-pyrrole nitrogens is 1. The van der Waals surface area contributed by atoms with Crippen molar-refractivity contribution in [2.24, 2.45) is 0 Å². The Bertz CT molecular complexity index is 624. The van der Waals surface area contributed by atoms with E-state index in [1.165, 1.54) is 6.07 Å². The molecule has 8 heteroatoms. The summed E-state index contributed by atoms with van der Waals surface area (Å²) in [5, 5.41) is 17.4. The molecule has 1 heterocycles. The van der Waals surface area contributed by atoms with Gasteiger partial charge in [-0.05, 0) is 12.1 Å². The summed E-state index contributed by atoms with van der Waals surface area (Å²) in [4.78, 5) is 5.39. The number of fused-ring (bicyclic) bond motifs is 1. The predicted octanol–water partition coefficient (Wildman–Crippen LogP) is 1.94. The minimum atomic E-state index is -4.58. The van der Waals surface area contributed by atoms with Crippen molar-refractivity contribution in [2.75, 3.05) is 0 Å². The minimum absolute atomic E-state index is 0. The fourth-order valence-electron chi connectivity index (χ4n) is 1.38. The van der Waals surface area contributed by atoms with Gasteiger partial charge in [0.25, 0.3) is 0 Å². The van der Waals surface area contributed by atoms with Crippen molar-refractivity contribution in [1.29, 1.82) is 10.5 Å². The molecule has 0 amide bonds. The second-order valence-electron chi connectivity index (χ2n) is 3.22. The van der Waals surface area contributed by atoms with E-state index in [1.54, 1.807) is 12.1 Å². The van der Waals surface area contributed by atoms with Gasteiger partial charge in [0.2, 0.25) is 5.82 Å². The fourth-order valence-corrected chi connectivity index (χ4v) is 1.38. The molecule has 0 spiro atoms. The van der Waals surface area contributed by atoms with Crippen molar-refractivity contribution in [1.82, 2.24) is 9.97 Å². The van der Waals surface area contributed by atoms with Gasteiger partial charge in [0.05, 0.1) is 22.2 Å². The second-order valence-corrected chi connectivity index (χ2v) is 3.22. The Labute approximate surface area is 111 Å². The molecular formula is C10H3F3LiN4. The number of aromatic amines is 1. The molecule has 0 unspecified atom stereocenters. The standard InChI is InChI=1S/C10H3F3N4.Li/c11-10(12,13)9-16-7-1-5(3-14)6(4-15)2-8(7)17-9;/h1-2H,(H,16,17);. The predicted molar refractivity (Wildman–Crippen MR) is 56.3 cm³/mol. The Balaban J connectivity index is 0.00000162. The van der Waals surface area contributed by atoms with E-state index in [2.05, 4.69) is 9.97 Å². The molecule has 0 saturated heterocycles. The molecule has 0 atom stereocenters. The van der Waals surface area contributed by atoms with Gasteiger partial charge in [0.1, 0.15) is 12.1 Å². The Hall–Kier alpha value is -1.94. The molecule has 0 aliphatic rings. The van der Waals surface area contributed by atoms with Gasteiger partial charge in [0, 0.05) is 18.9 Å². The van der Waals surface area contributed by atoms with Crippen molar-refractivity contribution < 1.29 is 13.2 Å². The van der Waals surface area contributed by atoms with Crippen LogP contribution in [0.25, 0.3) is 11.0 Å². The molecular weight excluding hydrogens is 240 g/mol. The number of nitrogens with zero attached hydrogens (tertiary/aromatic N) is 3. The van der Waals surface area contributed by atoms with Crippen molar-refractivity contribution >= 4 is 29.9 Å². The summed E-state index contributed by atoms with van der Waals surface area (Å²) in [6, 6.07) is 5.79. The molecule has 0 saturated carbocycles. The average Bonchev–Trinajstić information content (AvgIpc) is 2.69. The van der Waals surface area contributed by atoms with Crippen LogP contribution < -0.4 is 0 Å². The zero-order valence-corrected chi connectivity index (χ0v) is 9.13. The first kappa shape index (κ1) is 14.1. The van der Waals surface area contributed by atoms with Gasteiger partial charge >= 0.3 is 6.18 Å². The Kier molecular flexibility index (Phi) is 3.72. The molecule has 2 aromatic rings. The van der Waals surface area contributed by atoms with Crippen molar-refractivity contribution in [3.8, 4) is 12.1 Å². The van der Waals surface area contributed by atoms with Gasteiger partial charge in [-0.1, -0.05) is 0 Å². The molecule has 2 rings (SSSR count). The largest absolute Gasteiger partial charge is 0.449 e. The number of alkyl halides is 3. The third-order valence-electron chi connectivity index (χ3n) is 2.13. The fraction of sp³-hybridized carbons (Fsp3) is 0.100. The molecule has 0 aliphatic carbocycles. The van der Waals surface area contributed by atoms with E-state index in [0.717, 1.165) is 6.07 Å². The third-order valence-corrected chi connectivity index (χ3v) is 2.13. The monoisotopic (exact) mass is 243 g/mol. The molecule has 85 valence electrons. The molecule has 0 bridgehead atoms. The van der Waals surface area contributed by atoms with E-state index in [-0.39, 0.29) is 41.0 Å². The molecule has 1 radical (unpaired) electrons. The summed E-state index contributed by atoms with van der Waals surface area (Å²) in [6.45, 7) is 0. The maximum Gasteiger partial charge on any atom is 0.449 e. The van der Waals surface area contributed by atoms with Gasteiger partial charge < -0.3 is 4.98 Å². The van der Waals surface area contributed by atoms with Gasteiger partial charge in [-0.3, -0.25) is 0 Å². The Morgan fingerprint density at radius 1 is 1.11 bits per heavy atom. The van der Waals surface area contributed by atoms with Crippen LogP contribution in [-0.4, -0.2) is 28.8 Å². The molecule has 0 aliphatic heterocycles. The first-order valence-corrected chi connectivity index (χ1v) is 4.37. The van der Waals surface area contributed by atoms with Crippen LogP contribution in [0.3, 0.4) is 0 Å². The topological polar surface area (TPSA) is 76.3 Å². The Morgan fingerprint density at radius 2 is 1.67 bits per heavy atom. The van der Waals surface area contributed by atoms with Crippen LogP contribution in [0, 0.1) is 22.7 Å². The van der Waals surface area contributed by atoms with E-state index in [0.29, 0.717) is 0 Å². The van der Waals surface area contributed by atoms with Gasteiger partial charge in [-0.15, -0.1) is 0 Å². The summed E-state index contributed by atoms with van der Waals surface area (Å²) >= 11 is 0. The first-order chi connectivity index (χ1) is 7.95. The van der Waals surface area contributed by atoms with Gasteiger partial charge in [-0.25, -0.2) is 4.98 Å². The van der Waals surface area contributed by atoms with Crippen LogP contribution in [-0.2, 0) is 6.18 Å². The quantitative estimate of drug-likeness (QED) is 0.718. The number of aromatic nitrogens is 2. The Morgan fingerprint density at radius 3 is 2.17 bits per heavy atom. The smallest absolute Gasteiger partial charge is 0.334 e. The zero-order chi connectivity index (χ0) is 12.6. The van der Waals surface area contributed by atoms with Gasteiger partial charge in [-0.2, -0.15) is 23.7 Å². The number of hydrogen-bond donors (Lipinski definition) is 1. The van der Waals surface area contributed by atoms with Crippen molar-refractivity contribution in [2.45, 2.75) is 6.18 Å². The number of imidazole rings is 1. The first-order valence-electron chi connectivity index (χ1n) is 4.37. The maximum absolute atomic E-state index is 12.4. The van der Waals surface area contributed by atoms with E-state index >= 15 is 0 Å². The van der Waals surface area contributed by atoms with E-state index in [4.69, 9.17) is 10.5 Å². The molecule has 4 nitrogen and oxygen atoms in total. The zero-order valence-electron chi connectivity index (χ0n) is 9.13. The third kappa shape index (κ3) is 2.33. The number of rotatable bonds is 0. The summed E-state index contributed by atoms with van der Waals surface area (Å²) in [5.41, 5.74) is 0.0957. The molecule has 0 fully saturated rings. The molecule has 1 aromatic heterocycles. The van der Waals surface area contributed by atoms with Crippen LogP contribution in [0.2, 0.25) is 0 Å². The van der Waals surface area contributed by atoms with Crippen molar-refractivity contribution in [3.05, 3.63) is 29.1 Å². The number of nitriles is 2. The average molecular weight is 243 g/mol. The number of hydrogen-bond acceptors (Lipinski definition) is 3. The second kappa shape index (κ2) is 4.74. The molecule has 1 N–H and O–H groups in total. The van der Waals surface area contributed by atoms with Crippen LogP contribution in [0.15, 0.2) is 12.1 Å². The van der Waals surface area contributed by atoms with Crippen LogP contribution >= 0.6 is 0 Å². The number of halogens is 3. The van der Waals surface area contributed by atoms with Crippen LogP contribution in [0.4, 0.5) is 13.2 Å². The van der Waals surface area contributed by atoms with E-state index < -0.39 is 12.0 Å². The number of benzene rings is 1. The van der Waals surface area contributed by atoms with Crippen molar-refractivity contribution in [3.63, 3.8) is 0 Å². The maximum atomic E-state index is 12.4. The van der Waals surface area contributed by atoms with Gasteiger partial charge in [0.15, 0.2) is 0 Å². The summed E-state index contributed by atoms with van der Waals surface area (Å²) in [6.07, 6.45) is -4.58. The number of nitrogens with one attached hydrogen (secondary N) is 1. The molecule has 18 heavy (non-hydrogen) atoms. The minimum Gasteiger partial charge on any atom is -0.334 e. The summed E-state index contributed by atoms with van der Waals surface area (Å²) in [5.74, 6) is -1.15. The SMILES string of the molecule is N#Cc1cc2nc(C(F)(F)F)[nH]c2cc1C#N.[Li]. The van der Waals surface area contributed by atoms with Crippen LogP contribution in [0.5, 0.6) is 0 Å². The van der Waals surface area contributed by atoms with E-state index in [1.807, 2.05) is 0 Å².